The molecule has 0 spiro atoms. The van der Waals surface area contributed by atoms with Crippen molar-refractivity contribution in [3.8, 4) is 0 Å². The van der Waals surface area contributed by atoms with Crippen LogP contribution in [0.5, 0.6) is 0 Å². The number of aromatic nitrogens is 3. The Morgan fingerprint density at radius 1 is 1.25 bits per heavy atom. The van der Waals surface area contributed by atoms with Crippen molar-refractivity contribution in [3.05, 3.63) is 47.9 Å². The molecule has 1 aromatic carbocycles. The molecular weight excluding hydrogens is 222 g/mol. The molecule has 2 rings (SSSR count). The molecule has 5 heteroatoms. The van der Waals surface area contributed by atoms with Crippen molar-refractivity contribution in [2.45, 2.75) is 17.7 Å². The van der Waals surface area contributed by atoms with E-state index in [0.717, 1.165) is 5.56 Å². The third-order valence-electron chi connectivity index (χ3n) is 2.12. The highest BCUT2D eigenvalue weighted by molar-refractivity contribution is 7.84. The first-order valence-electron chi connectivity index (χ1n) is 4.84. The van der Waals surface area contributed by atoms with Crippen molar-refractivity contribution in [2.24, 2.45) is 0 Å². The molecule has 0 aliphatic carbocycles. The molecule has 0 aliphatic rings. The minimum absolute atomic E-state index is 0.446. The Morgan fingerprint density at radius 3 is 2.69 bits per heavy atom. The fraction of sp³-hybridized carbons (Fsp3) is 0.182. The van der Waals surface area contributed by atoms with Gasteiger partial charge >= 0.3 is 0 Å². The van der Waals surface area contributed by atoms with E-state index < -0.39 is 10.8 Å². The lowest BCUT2D eigenvalue weighted by molar-refractivity contribution is 0.674. The van der Waals surface area contributed by atoms with Gasteiger partial charge in [0.05, 0.1) is 22.2 Å². The van der Waals surface area contributed by atoms with Crippen LogP contribution in [0.4, 0.5) is 0 Å². The maximum Gasteiger partial charge on any atom is 0.171 e. The number of hydrogen-bond acceptors (Lipinski definition) is 4. The number of aryl methyl sites for hydroxylation is 1. The molecule has 1 unspecified atom stereocenters. The van der Waals surface area contributed by atoms with Gasteiger partial charge in [-0.05, 0) is 12.5 Å². The smallest absolute Gasteiger partial charge is 0.171 e. The molecule has 1 atom stereocenters. The fourth-order valence-corrected chi connectivity index (χ4v) is 2.47. The van der Waals surface area contributed by atoms with Gasteiger partial charge in [0.2, 0.25) is 0 Å². The second-order valence-corrected chi connectivity index (χ2v) is 4.69. The highest BCUT2D eigenvalue weighted by Gasteiger charge is 2.10. The van der Waals surface area contributed by atoms with Crippen LogP contribution in [-0.2, 0) is 16.6 Å². The van der Waals surface area contributed by atoms with Crippen molar-refractivity contribution in [3.63, 3.8) is 0 Å². The summed E-state index contributed by atoms with van der Waals surface area (Å²) < 4.78 is 12.0. The molecule has 0 radical (unpaired) electrons. The van der Waals surface area contributed by atoms with Gasteiger partial charge in [-0.15, -0.1) is 10.2 Å². The van der Waals surface area contributed by atoms with Crippen LogP contribution >= 0.6 is 0 Å². The van der Waals surface area contributed by atoms with Gasteiger partial charge in [0, 0.05) is 0 Å². The monoisotopic (exact) mass is 233 g/mol. The number of hydrogen-bond donors (Lipinski definition) is 0. The summed E-state index contributed by atoms with van der Waals surface area (Å²) in [5, 5.41) is 7.98. The lowest BCUT2D eigenvalue weighted by Crippen LogP contribution is -2.04. The summed E-state index contributed by atoms with van der Waals surface area (Å²) in [6, 6.07) is 9.66. The average Bonchev–Trinajstić information content (AvgIpc) is 2.31. The first-order chi connectivity index (χ1) is 7.77. The van der Waals surface area contributed by atoms with E-state index in [1.54, 1.807) is 6.92 Å². The van der Waals surface area contributed by atoms with Gasteiger partial charge in [-0.3, -0.25) is 4.21 Å². The number of rotatable bonds is 3. The van der Waals surface area contributed by atoms with Gasteiger partial charge in [0.25, 0.3) is 0 Å². The topological polar surface area (TPSA) is 55.7 Å². The lowest BCUT2D eigenvalue weighted by atomic mass is 10.2. The molecule has 0 bridgehead atoms. The first-order valence-corrected chi connectivity index (χ1v) is 6.16. The zero-order valence-corrected chi connectivity index (χ0v) is 9.65. The molecule has 0 aliphatic heterocycles. The van der Waals surface area contributed by atoms with E-state index in [1.165, 1.54) is 6.33 Å². The van der Waals surface area contributed by atoms with E-state index in [-0.39, 0.29) is 0 Å². The normalized spacial score (nSPS) is 12.3. The second kappa shape index (κ2) is 4.94. The molecule has 0 saturated heterocycles. The third-order valence-corrected chi connectivity index (χ3v) is 3.52. The van der Waals surface area contributed by atoms with Crippen LogP contribution in [-0.4, -0.2) is 19.4 Å². The molecule has 2 aromatic rings. The van der Waals surface area contributed by atoms with Crippen molar-refractivity contribution in [1.82, 2.24) is 15.2 Å². The Kier molecular flexibility index (Phi) is 3.36. The van der Waals surface area contributed by atoms with Crippen LogP contribution in [0.3, 0.4) is 0 Å². The third kappa shape index (κ3) is 2.49. The van der Waals surface area contributed by atoms with Gasteiger partial charge in [0.1, 0.15) is 6.33 Å². The minimum atomic E-state index is -1.18. The van der Waals surface area contributed by atoms with Crippen LogP contribution in [0.25, 0.3) is 0 Å². The SMILES string of the molecule is Cc1ncnnc1S(=O)Cc1ccccc1. The van der Waals surface area contributed by atoms with Gasteiger partial charge < -0.3 is 0 Å². The Bertz CT molecular complexity index is 502. The van der Waals surface area contributed by atoms with Crippen LogP contribution in [0.1, 0.15) is 11.3 Å². The average molecular weight is 233 g/mol. The van der Waals surface area contributed by atoms with Crippen molar-refractivity contribution < 1.29 is 4.21 Å². The molecule has 1 aromatic heterocycles. The maximum absolute atomic E-state index is 12.0. The number of benzene rings is 1. The van der Waals surface area contributed by atoms with Crippen molar-refractivity contribution in [2.75, 3.05) is 0 Å². The van der Waals surface area contributed by atoms with Gasteiger partial charge in [-0.1, -0.05) is 30.3 Å². The minimum Gasteiger partial charge on any atom is -0.252 e. The summed E-state index contributed by atoms with van der Waals surface area (Å²) in [5.74, 6) is 0.446. The Balaban J connectivity index is 2.19. The highest BCUT2D eigenvalue weighted by atomic mass is 32.2. The zero-order valence-electron chi connectivity index (χ0n) is 8.83. The lowest BCUT2D eigenvalue weighted by Gasteiger charge is -2.02. The fourth-order valence-electron chi connectivity index (χ4n) is 1.32. The van der Waals surface area contributed by atoms with E-state index in [4.69, 9.17) is 0 Å². The Hall–Kier alpha value is -1.62. The molecule has 4 nitrogen and oxygen atoms in total. The predicted molar refractivity (Wildman–Crippen MR) is 61.1 cm³/mol. The van der Waals surface area contributed by atoms with Crippen molar-refractivity contribution >= 4 is 10.8 Å². The maximum atomic E-state index is 12.0. The van der Waals surface area contributed by atoms with Crippen LogP contribution in [0.2, 0.25) is 0 Å². The second-order valence-electron chi connectivity index (χ2n) is 3.33. The molecule has 0 saturated carbocycles. The Labute approximate surface area is 96.2 Å². The summed E-state index contributed by atoms with van der Waals surface area (Å²) >= 11 is 0. The van der Waals surface area contributed by atoms with Gasteiger partial charge in [0.15, 0.2) is 5.03 Å². The summed E-state index contributed by atoms with van der Waals surface area (Å²) in [7, 11) is -1.18. The van der Waals surface area contributed by atoms with Gasteiger partial charge in [-0.2, -0.15) is 0 Å². The predicted octanol–water partition coefficient (Wildman–Crippen LogP) is 1.49. The summed E-state index contributed by atoms with van der Waals surface area (Å²) in [4.78, 5) is 3.98. The largest absolute Gasteiger partial charge is 0.252 e. The molecule has 0 fully saturated rings. The van der Waals surface area contributed by atoms with E-state index in [1.807, 2.05) is 30.3 Å². The quantitative estimate of drug-likeness (QED) is 0.806. The van der Waals surface area contributed by atoms with Gasteiger partial charge in [-0.25, -0.2) is 4.98 Å². The van der Waals surface area contributed by atoms with E-state index in [0.29, 0.717) is 16.5 Å². The van der Waals surface area contributed by atoms with E-state index in [9.17, 15) is 4.21 Å². The molecule has 0 amide bonds. The van der Waals surface area contributed by atoms with E-state index >= 15 is 0 Å². The van der Waals surface area contributed by atoms with Crippen LogP contribution in [0.15, 0.2) is 41.7 Å². The summed E-state index contributed by atoms with van der Waals surface area (Å²) in [6.07, 6.45) is 1.36. The standard InChI is InChI=1S/C11H11N3OS/c1-9-11(14-13-8-12-9)16(15)7-10-5-3-2-4-6-10/h2-6,8H,7H2,1H3. The number of nitrogens with zero attached hydrogens (tertiary/aromatic N) is 3. The summed E-state index contributed by atoms with van der Waals surface area (Å²) in [6.45, 7) is 1.78. The molecule has 16 heavy (non-hydrogen) atoms. The van der Waals surface area contributed by atoms with E-state index in [2.05, 4.69) is 15.2 Å². The summed E-state index contributed by atoms with van der Waals surface area (Å²) in [5.41, 5.74) is 1.69. The van der Waals surface area contributed by atoms with Crippen LogP contribution in [0, 0.1) is 6.92 Å². The molecule has 82 valence electrons. The van der Waals surface area contributed by atoms with Crippen LogP contribution < -0.4 is 0 Å². The zero-order chi connectivity index (χ0) is 11.4. The van der Waals surface area contributed by atoms with Crippen molar-refractivity contribution in [1.29, 1.82) is 0 Å². The molecule has 1 heterocycles. The Morgan fingerprint density at radius 2 is 2.00 bits per heavy atom. The molecule has 0 N–H and O–H groups in total. The first kappa shape index (κ1) is 10.9. The molecular formula is C11H11N3OS. The highest BCUT2D eigenvalue weighted by Crippen LogP contribution is 2.11.